The average Bonchev–Trinajstić information content (AvgIpc) is 2.59. The van der Waals surface area contributed by atoms with Gasteiger partial charge in [-0.3, -0.25) is 0 Å². The first kappa shape index (κ1) is 17.0. The number of anilines is 3. The van der Waals surface area contributed by atoms with Crippen molar-refractivity contribution in [3.05, 3.63) is 77.0 Å². The molecule has 0 radical (unpaired) electrons. The summed E-state index contributed by atoms with van der Waals surface area (Å²) in [6, 6.07) is 18.7. The summed E-state index contributed by atoms with van der Waals surface area (Å²) in [7, 11) is 2.05. The minimum atomic E-state index is 0.632. The summed E-state index contributed by atoms with van der Waals surface area (Å²) in [4.78, 5) is 11.4. The van der Waals surface area contributed by atoms with Crippen LogP contribution < -0.4 is 10.2 Å². The minimum absolute atomic E-state index is 0.632. The fourth-order valence-corrected chi connectivity index (χ4v) is 2.87. The van der Waals surface area contributed by atoms with E-state index in [-0.39, 0.29) is 0 Å². The molecular formula is C21H24N4. The molecule has 3 aromatic rings. The van der Waals surface area contributed by atoms with Crippen LogP contribution in [0.5, 0.6) is 0 Å². The highest BCUT2D eigenvalue weighted by Gasteiger charge is 2.10. The number of nitrogens with one attached hydrogen (secondary N) is 1. The molecule has 3 rings (SSSR count). The molecule has 0 unspecified atom stereocenters. The van der Waals surface area contributed by atoms with E-state index in [0.29, 0.717) is 5.95 Å². The molecule has 0 aliphatic rings. The molecule has 0 aliphatic heterocycles. The summed E-state index contributed by atoms with van der Waals surface area (Å²) < 4.78 is 0. The van der Waals surface area contributed by atoms with Crippen molar-refractivity contribution in [1.82, 2.24) is 9.97 Å². The van der Waals surface area contributed by atoms with E-state index in [1.165, 1.54) is 16.7 Å². The lowest BCUT2D eigenvalue weighted by Gasteiger charge is -2.20. The van der Waals surface area contributed by atoms with Gasteiger partial charge in [0.2, 0.25) is 5.95 Å². The Hall–Kier alpha value is -2.88. The van der Waals surface area contributed by atoms with Gasteiger partial charge < -0.3 is 10.2 Å². The molecule has 0 atom stereocenters. The molecule has 2 aromatic carbocycles. The van der Waals surface area contributed by atoms with Gasteiger partial charge in [0, 0.05) is 31.0 Å². The van der Waals surface area contributed by atoms with Gasteiger partial charge in [0.05, 0.1) is 0 Å². The lowest BCUT2D eigenvalue weighted by molar-refractivity contribution is 0.888. The van der Waals surface area contributed by atoms with Gasteiger partial charge in [0.15, 0.2) is 0 Å². The molecule has 25 heavy (non-hydrogen) atoms. The van der Waals surface area contributed by atoms with Crippen LogP contribution in [0.2, 0.25) is 0 Å². The lowest BCUT2D eigenvalue weighted by atomic mass is 10.1. The quantitative estimate of drug-likeness (QED) is 0.730. The average molecular weight is 332 g/mol. The number of hydrogen-bond donors (Lipinski definition) is 1. The Balaban J connectivity index is 1.85. The van der Waals surface area contributed by atoms with Crippen LogP contribution in [-0.4, -0.2) is 17.0 Å². The first-order valence-corrected chi connectivity index (χ1v) is 8.47. The maximum Gasteiger partial charge on any atom is 0.229 e. The van der Waals surface area contributed by atoms with Crippen molar-refractivity contribution >= 4 is 17.5 Å². The molecule has 0 amide bonds. The Morgan fingerprint density at radius 3 is 2.24 bits per heavy atom. The van der Waals surface area contributed by atoms with Gasteiger partial charge in [-0.2, -0.15) is 4.98 Å². The number of hydrogen-bond acceptors (Lipinski definition) is 4. The van der Waals surface area contributed by atoms with Crippen LogP contribution in [0.15, 0.2) is 54.6 Å². The van der Waals surface area contributed by atoms with Gasteiger partial charge in [-0.25, -0.2) is 4.98 Å². The van der Waals surface area contributed by atoms with E-state index in [4.69, 9.17) is 4.98 Å². The van der Waals surface area contributed by atoms with Gasteiger partial charge in [-0.15, -0.1) is 0 Å². The van der Waals surface area contributed by atoms with E-state index in [2.05, 4.69) is 78.6 Å². The van der Waals surface area contributed by atoms with Gasteiger partial charge in [-0.1, -0.05) is 48.5 Å². The summed E-state index contributed by atoms with van der Waals surface area (Å²) in [6.45, 7) is 6.98. The van der Waals surface area contributed by atoms with Crippen LogP contribution >= 0.6 is 0 Å². The Morgan fingerprint density at radius 1 is 0.880 bits per heavy atom. The number of aromatic nitrogens is 2. The molecule has 0 spiro atoms. The third kappa shape index (κ3) is 4.15. The van der Waals surface area contributed by atoms with E-state index >= 15 is 0 Å². The van der Waals surface area contributed by atoms with Crippen LogP contribution in [0, 0.1) is 20.8 Å². The zero-order chi connectivity index (χ0) is 17.8. The molecule has 0 bridgehead atoms. The molecule has 0 fully saturated rings. The number of para-hydroxylation sites is 1. The van der Waals surface area contributed by atoms with Gasteiger partial charge in [0.25, 0.3) is 0 Å². The maximum atomic E-state index is 4.71. The number of nitrogens with zero attached hydrogens (tertiary/aromatic N) is 3. The topological polar surface area (TPSA) is 41.1 Å². The summed E-state index contributed by atoms with van der Waals surface area (Å²) in [5.74, 6) is 1.54. The van der Waals surface area contributed by atoms with Crippen molar-refractivity contribution in [2.24, 2.45) is 0 Å². The molecule has 4 heteroatoms. The molecule has 1 aromatic heterocycles. The fraction of sp³-hybridized carbons (Fsp3) is 0.238. The molecule has 0 aliphatic carbocycles. The second kappa shape index (κ2) is 7.34. The zero-order valence-electron chi connectivity index (χ0n) is 15.2. The molecule has 1 N–H and O–H groups in total. The van der Waals surface area contributed by atoms with E-state index < -0.39 is 0 Å². The lowest BCUT2D eigenvalue weighted by Crippen LogP contribution is -2.18. The number of aryl methyl sites for hydroxylation is 3. The second-order valence-electron chi connectivity index (χ2n) is 6.42. The predicted molar refractivity (Wildman–Crippen MR) is 105 cm³/mol. The Labute approximate surface area is 149 Å². The van der Waals surface area contributed by atoms with Gasteiger partial charge in [0.1, 0.15) is 5.82 Å². The van der Waals surface area contributed by atoms with Crippen LogP contribution in [-0.2, 0) is 6.54 Å². The normalized spacial score (nSPS) is 10.6. The summed E-state index contributed by atoms with van der Waals surface area (Å²) in [6.07, 6.45) is 0. The third-order valence-corrected chi connectivity index (χ3v) is 4.21. The first-order valence-electron chi connectivity index (χ1n) is 8.47. The van der Waals surface area contributed by atoms with Crippen molar-refractivity contribution < 1.29 is 0 Å². The monoisotopic (exact) mass is 332 g/mol. The highest BCUT2D eigenvalue weighted by Crippen LogP contribution is 2.24. The minimum Gasteiger partial charge on any atom is -0.355 e. The molecule has 0 saturated heterocycles. The first-order chi connectivity index (χ1) is 12.0. The highest BCUT2D eigenvalue weighted by molar-refractivity contribution is 5.63. The number of benzene rings is 2. The second-order valence-corrected chi connectivity index (χ2v) is 6.42. The highest BCUT2D eigenvalue weighted by atomic mass is 15.2. The van der Waals surface area contributed by atoms with E-state index in [0.717, 1.165) is 23.7 Å². The van der Waals surface area contributed by atoms with Crippen LogP contribution in [0.25, 0.3) is 0 Å². The molecule has 1 heterocycles. The summed E-state index contributed by atoms with van der Waals surface area (Å²) in [5, 5.41) is 3.39. The Kier molecular flexibility index (Phi) is 4.98. The SMILES string of the molecule is Cc1cc(N(C)Cc2ccccc2)nc(Nc2c(C)cccc2C)n1. The fourth-order valence-electron chi connectivity index (χ4n) is 2.87. The third-order valence-electron chi connectivity index (χ3n) is 4.21. The van der Waals surface area contributed by atoms with E-state index in [1.54, 1.807) is 0 Å². The summed E-state index contributed by atoms with van der Waals surface area (Å²) >= 11 is 0. The van der Waals surface area contributed by atoms with E-state index in [1.807, 2.05) is 19.1 Å². The maximum absolute atomic E-state index is 4.71. The Bertz CT molecular complexity index is 839. The van der Waals surface area contributed by atoms with Crippen molar-refractivity contribution in [2.75, 3.05) is 17.3 Å². The zero-order valence-corrected chi connectivity index (χ0v) is 15.2. The Morgan fingerprint density at radius 2 is 1.56 bits per heavy atom. The van der Waals surface area contributed by atoms with Crippen molar-refractivity contribution in [3.63, 3.8) is 0 Å². The van der Waals surface area contributed by atoms with Crippen molar-refractivity contribution in [3.8, 4) is 0 Å². The smallest absolute Gasteiger partial charge is 0.229 e. The predicted octanol–water partition coefficient (Wildman–Crippen LogP) is 4.78. The van der Waals surface area contributed by atoms with Crippen molar-refractivity contribution in [2.45, 2.75) is 27.3 Å². The standard InChI is InChI=1S/C21H24N4/c1-15-9-8-10-16(2)20(15)24-21-22-17(3)13-19(23-21)25(4)14-18-11-6-5-7-12-18/h5-13H,14H2,1-4H3,(H,22,23,24). The molecule has 0 saturated carbocycles. The largest absolute Gasteiger partial charge is 0.355 e. The van der Waals surface area contributed by atoms with Crippen molar-refractivity contribution in [1.29, 1.82) is 0 Å². The van der Waals surface area contributed by atoms with Crippen LogP contribution in [0.4, 0.5) is 17.5 Å². The van der Waals surface area contributed by atoms with Crippen LogP contribution in [0.1, 0.15) is 22.4 Å². The molecule has 128 valence electrons. The van der Waals surface area contributed by atoms with Gasteiger partial charge in [-0.05, 0) is 37.5 Å². The van der Waals surface area contributed by atoms with Gasteiger partial charge >= 0.3 is 0 Å². The van der Waals surface area contributed by atoms with E-state index in [9.17, 15) is 0 Å². The summed E-state index contributed by atoms with van der Waals surface area (Å²) in [5.41, 5.74) is 5.64. The molecular weight excluding hydrogens is 308 g/mol. The molecule has 4 nitrogen and oxygen atoms in total. The number of rotatable bonds is 5. The van der Waals surface area contributed by atoms with Crippen LogP contribution in [0.3, 0.4) is 0 Å².